The fourth-order valence-electron chi connectivity index (χ4n) is 2.44. The first kappa shape index (κ1) is 16.1. The fourth-order valence-corrected chi connectivity index (χ4v) is 2.44. The van der Waals surface area contributed by atoms with Crippen molar-refractivity contribution in [2.24, 2.45) is 0 Å². The molecule has 118 valence electrons. The Hall–Kier alpha value is -1.27. The third kappa shape index (κ3) is 4.35. The molecule has 1 unspecified atom stereocenters. The van der Waals surface area contributed by atoms with Crippen LogP contribution in [-0.4, -0.2) is 43.3 Å². The van der Waals surface area contributed by atoms with Gasteiger partial charge < -0.3 is 10.1 Å². The molecule has 0 spiro atoms. The highest BCUT2D eigenvalue weighted by Crippen LogP contribution is 2.34. The molecule has 0 bridgehead atoms. The van der Waals surface area contributed by atoms with E-state index in [1.165, 1.54) is 12.1 Å². The van der Waals surface area contributed by atoms with Gasteiger partial charge in [0.05, 0.1) is 18.3 Å². The van der Waals surface area contributed by atoms with E-state index in [1.807, 2.05) is 0 Å². The monoisotopic (exact) mass is 302 g/mol. The molecule has 1 N–H and O–H groups in total. The number of nitrogens with one attached hydrogen (secondary N) is 1. The summed E-state index contributed by atoms with van der Waals surface area (Å²) in [4.78, 5) is 2.27. The molecule has 0 aliphatic carbocycles. The number of alkyl halides is 3. The number of rotatable bonds is 4. The fraction of sp³-hybridized carbons (Fsp3) is 0.600. The molecule has 1 heterocycles. The normalized spacial score (nSPS) is 20.8. The summed E-state index contributed by atoms with van der Waals surface area (Å²) in [6.45, 7) is 6.80. The molecular formula is C15H21F3N2O. The predicted octanol–water partition coefficient (Wildman–Crippen LogP) is 3.23. The van der Waals surface area contributed by atoms with E-state index in [2.05, 4.69) is 24.1 Å². The number of morpholine rings is 1. The Balaban J connectivity index is 1.97. The van der Waals surface area contributed by atoms with Crippen LogP contribution in [0.1, 0.15) is 19.4 Å². The molecule has 6 heteroatoms. The first-order valence-electron chi connectivity index (χ1n) is 7.13. The van der Waals surface area contributed by atoms with Crippen LogP contribution in [0.3, 0.4) is 0 Å². The molecule has 0 radical (unpaired) electrons. The molecule has 0 aromatic heterocycles. The lowest BCUT2D eigenvalue weighted by Gasteiger charge is -2.35. The van der Waals surface area contributed by atoms with Crippen LogP contribution in [0.25, 0.3) is 0 Å². The molecule has 1 fully saturated rings. The SMILES string of the molecule is CC(C)N1CCOC(CNc2ccccc2C(F)(F)F)C1. The summed E-state index contributed by atoms with van der Waals surface area (Å²) in [6, 6.07) is 5.95. The summed E-state index contributed by atoms with van der Waals surface area (Å²) in [5.41, 5.74) is -0.531. The van der Waals surface area contributed by atoms with Gasteiger partial charge in [-0.05, 0) is 26.0 Å². The van der Waals surface area contributed by atoms with Crippen LogP contribution < -0.4 is 5.32 Å². The van der Waals surface area contributed by atoms with E-state index >= 15 is 0 Å². The Morgan fingerprint density at radius 3 is 2.71 bits per heavy atom. The molecule has 0 saturated carbocycles. The van der Waals surface area contributed by atoms with Crippen LogP contribution in [0.15, 0.2) is 24.3 Å². The van der Waals surface area contributed by atoms with Gasteiger partial charge in [0.2, 0.25) is 0 Å². The van der Waals surface area contributed by atoms with E-state index < -0.39 is 11.7 Å². The van der Waals surface area contributed by atoms with Crippen LogP contribution in [0.2, 0.25) is 0 Å². The Labute approximate surface area is 123 Å². The van der Waals surface area contributed by atoms with Crippen molar-refractivity contribution in [2.75, 3.05) is 31.6 Å². The Kier molecular flexibility index (Phi) is 5.11. The molecular weight excluding hydrogens is 281 g/mol. The zero-order chi connectivity index (χ0) is 15.5. The lowest BCUT2D eigenvalue weighted by molar-refractivity contribution is -0.137. The van der Waals surface area contributed by atoms with Crippen LogP contribution >= 0.6 is 0 Å². The number of anilines is 1. The topological polar surface area (TPSA) is 24.5 Å². The van der Waals surface area contributed by atoms with Gasteiger partial charge in [-0.1, -0.05) is 12.1 Å². The molecule has 1 aromatic rings. The molecule has 1 saturated heterocycles. The molecule has 2 rings (SSSR count). The van der Waals surface area contributed by atoms with Gasteiger partial charge >= 0.3 is 6.18 Å². The zero-order valence-corrected chi connectivity index (χ0v) is 12.3. The molecule has 21 heavy (non-hydrogen) atoms. The van der Waals surface area contributed by atoms with Gasteiger partial charge in [-0.3, -0.25) is 4.90 Å². The lowest BCUT2D eigenvalue weighted by atomic mass is 10.1. The number of para-hydroxylation sites is 1. The van der Waals surface area contributed by atoms with E-state index in [4.69, 9.17) is 4.74 Å². The minimum atomic E-state index is -4.35. The van der Waals surface area contributed by atoms with Crippen LogP contribution in [0.4, 0.5) is 18.9 Å². The van der Waals surface area contributed by atoms with Gasteiger partial charge in [-0.25, -0.2) is 0 Å². The Morgan fingerprint density at radius 1 is 1.33 bits per heavy atom. The van der Waals surface area contributed by atoms with Crippen LogP contribution in [0.5, 0.6) is 0 Å². The summed E-state index contributed by atoms with van der Waals surface area (Å²) in [5, 5.41) is 2.88. The highest BCUT2D eigenvalue weighted by atomic mass is 19.4. The summed E-state index contributed by atoms with van der Waals surface area (Å²) in [5.74, 6) is 0. The van der Waals surface area contributed by atoms with Crippen molar-refractivity contribution in [1.29, 1.82) is 0 Å². The zero-order valence-electron chi connectivity index (χ0n) is 12.3. The number of nitrogens with zero attached hydrogens (tertiary/aromatic N) is 1. The minimum Gasteiger partial charge on any atom is -0.382 e. The molecule has 1 atom stereocenters. The third-order valence-electron chi connectivity index (χ3n) is 3.65. The summed E-state index contributed by atoms with van der Waals surface area (Å²) < 4.78 is 44.3. The average molecular weight is 302 g/mol. The van der Waals surface area contributed by atoms with Crippen molar-refractivity contribution >= 4 is 5.69 Å². The maximum Gasteiger partial charge on any atom is 0.418 e. The van der Waals surface area contributed by atoms with E-state index in [1.54, 1.807) is 6.07 Å². The molecule has 1 aliphatic heterocycles. The van der Waals surface area contributed by atoms with Gasteiger partial charge in [0.15, 0.2) is 0 Å². The van der Waals surface area contributed by atoms with Gasteiger partial charge in [-0.2, -0.15) is 13.2 Å². The maximum absolute atomic E-state index is 12.9. The quantitative estimate of drug-likeness (QED) is 0.924. The van der Waals surface area contributed by atoms with Crippen LogP contribution in [-0.2, 0) is 10.9 Å². The number of benzene rings is 1. The number of halogens is 3. The van der Waals surface area contributed by atoms with E-state index in [9.17, 15) is 13.2 Å². The van der Waals surface area contributed by atoms with Crippen molar-refractivity contribution in [3.8, 4) is 0 Å². The first-order valence-corrected chi connectivity index (χ1v) is 7.13. The summed E-state index contributed by atoms with van der Waals surface area (Å²) in [6.07, 6.45) is -4.44. The third-order valence-corrected chi connectivity index (χ3v) is 3.65. The highest BCUT2D eigenvalue weighted by Gasteiger charge is 2.33. The van der Waals surface area contributed by atoms with Crippen LogP contribution in [0, 0.1) is 0 Å². The first-order chi connectivity index (χ1) is 9.88. The number of ether oxygens (including phenoxy) is 1. The van der Waals surface area contributed by atoms with Gasteiger partial charge in [0, 0.05) is 31.4 Å². The minimum absolute atomic E-state index is 0.0950. The van der Waals surface area contributed by atoms with E-state index in [-0.39, 0.29) is 11.8 Å². The standard InChI is InChI=1S/C15H21F3N2O/c1-11(2)20-7-8-21-12(10-20)9-19-14-6-4-3-5-13(14)15(16,17)18/h3-6,11-12,19H,7-10H2,1-2H3. The van der Waals surface area contributed by atoms with Gasteiger partial charge in [-0.15, -0.1) is 0 Å². The maximum atomic E-state index is 12.9. The molecule has 0 amide bonds. The molecule has 1 aromatic carbocycles. The smallest absolute Gasteiger partial charge is 0.382 e. The van der Waals surface area contributed by atoms with Crippen molar-refractivity contribution in [3.63, 3.8) is 0 Å². The van der Waals surface area contributed by atoms with Crippen molar-refractivity contribution in [1.82, 2.24) is 4.90 Å². The second-order valence-corrected chi connectivity index (χ2v) is 5.51. The van der Waals surface area contributed by atoms with Crippen molar-refractivity contribution in [2.45, 2.75) is 32.2 Å². The van der Waals surface area contributed by atoms with E-state index in [0.717, 1.165) is 19.2 Å². The average Bonchev–Trinajstić information content (AvgIpc) is 2.45. The summed E-state index contributed by atoms with van der Waals surface area (Å²) in [7, 11) is 0. The summed E-state index contributed by atoms with van der Waals surface area (Å²) >= 11 is 0. The van der Waals surface area contributed by atoms with Crippen molar-refractivity contribution in [3.05, 3.63) is 29.8 Å². The predicted molar refractivity (Wildman–Crippen MR) is 76.4 cm³/mol. The molecule has 3 nitrogen and oxygen atoms in total. The van der Waals surface area contributed by atoms with Gasteiger partial charge in [0.1, 0.15) is 0 Å². The second kappa shape index (κ2) is 6.66. The Bertz CT molecular complexity index is 462. The van der Waals surface area contributed by atoms with E-state index in [0.29, 0.717) is 19.2 Å². The lowest BCUT2D eigenvalue weighted by Crippen LogP contribution is -2.48. The second-order valence-electron chi connectivity index (χ2n) is 5.51. The van der Waals surface area contributed by atoms with Crippen molar-refractivity contribution < 1.29 is 17.9 Å². The highest BCUT2D eigenvalue weighted by molar-refractivity contribution is 5.52. The number of hydrogen-bond acceptors (Lipinski definition) is 3. The van der Waals surface area contributed by atoms with Gasteiger partial charge in [0.25, 0.3) is 0 Å². The molecule has 1 aliphatic rings. The Morgan fingerprint density at radius 2 is 2.05 bits per heavy atom. The largest absolute Gasteiger partial charge is 0.418 e. The number of hydrogen-bond donors (Lipinski definition) is 1.